The largest absolute Gasteiger partial charge is 0.403 e. The Balaban J connectivity index is 1.47. The van der Waals surface area contributed by atoms with E-state index in [1.165, 1.54) is 0 Å². The first-order valence-corrected chi connectivity index (χ1v) is 11.0. The van der Waals surface area contributed by atoms with Crippen LogP contribution in [0.15, 0.2) is 18.2 Å². The van der Waals surface area contributed by atoms with Crippen LogP contribution in [-0.2, 0) is 11.2 Å². The minimum Gasteiger partial charge on any atom is -0.353 e. The normalized spacial score (nSPS) is 31.5. The summed E-state index contributed by atoms with van der Waals surface area (Å²) in [5, 5.41) is 11.7. The van der Waals surface area contributed by atoms with Crippen molar-refractivity contribution in [1.82, 2.24) is 21.3 Å². The first-order valence-electron chi connectivity index (χ1n) is 11.0. The highest BCUT2D eigenvalue weighted by atomic mass is 19.4. The van der Waals surface area contributed by atoms with Crippen LogP contribution < -0.4 is 21.3 Å². The van der Waals surface area contributed by atoms with Crippen LogP contribution in [0.25, 0.3) is 0 Å². The van der Waals surface area contributed by atoms with Gasteiger partial charge in [-0.2, -0.15) is 13.2 Å². The van der Waals surface area contributed by atoms with E-state index < -0.39 is 18.3 Å². The molecule has 2 amide bonds. The lowest BCUT2D eigenvalue weighted by molar-refractivity contribution is -0.162. The third-order valence-electron chi connectivity index (χ3n) is 6.91. The zero-order valence-electron chi connectivity index (χ0n) is 17.5. The first kappa shape index (κ1) is 22.1. The summed E-state index contributed by atoms with van der Waals surface area (Å²) in [5.74, 6) is -0.593. The van der Waals surface area contributed by atoms with Gasteiger partial charge in [0.1, 0.15) is 6.04 Å². The highest BCUT2D eigenvalue weighted by Gasteiger charge is 2.43. The maximum absolute atomic E-state index is 13.1. The highest BCUT2D eigenvalue weighted by molar-refractivity contribution is 5.97. The maximum Gasteiger partial charge on any atom is 0.403 e. The number of rotatable bonds is 3. The summed E-state index contributed by atoms with van der Waals surface area (Å²) in [5.41, 5.74) is 2.73. The molecule has 170 valence electrons. The molecule has 5 atom stereocenters. The van der Waals surface area contributed by atoms with Crippen molar-refractivity contribution >= 4 is 11.8 Å². The summed E-state index contributed by atoms with van der Waals surface area (Å²) in [4.78, 5) is 25.3. The second kappa shape index (κ2) is 8.78. The van der Waals surface area contributed by atoms with Gasteiger partial charge >= 0.3 is 6.18 Å². The number of hydrogen-bond donors (Lipinski definition) is 4. The molecule has 9 heteroatoms. The van der Waals surface area contributed by atoms with Gasteiger partial charge < -0.3 is 21.3 Å². The predicted octanol–water partition coefficient (Wildman–Crippen LogP) is 2.06. The molecule has 4 N–H and O–H groups in total. The molecule has 2 saturated heterocycles. The average molecular weight is 438 g/mol. The third-order valence-corrected chi connectivity index (χ3v) is 6.91. The Hall–Kier alpha value is -2.13. The SMILES string of the molecule is CC1C(C(=O)NC2CCNC(C(F)(F)F)C2)CCNC1c1cccc2c1CCNC2=O. The van der Waals surface area contributed by atoms with Crippen molar-refractivity contribution < 1.29 is 22.8 Å². The Morgan fingerprint density at radius 3 is 2.68 bits per heavy atom. The summed E-state index contributed by atoms with van der Waals surface area (Å²) < 4.78 is 39.2. The zero-order chi connectivity index (χ0) is 22.2. The molecular weight excluding hydrogens is 409 g/mol. The molecule has 0 saturated carbocycles. The molecule has 5 unspecified atom stereocenters. The molecule has 3 aliphatic rings. The molecule has 2 fully saturated rings. The second-order valence-corrected chi connectivity index (χ2v) is 8.84. The quantitative estimate of drug-likeness (QED) is 0.582. The Kier molecular flexibility index (Phi) is 6.25. The molecule has 0 aromatic heterocycles. The van der Waals surface area contributed by atoms with Crippen molar-refractivity contribution in [2.75, 3.05) is 19.6 Å². The van der Waals surface area contributed by atoms with Gasteiger partial charge in [-0.25, -0.2) is 0 Å². The van der Waals surface area contributed by atoms with E-state index in [1.807, 2.05) is 25.1 Å². The fourth-order valence-corrected chi connectivity index (χ4v) is 5.23. The van der Waals surface area contributed by atoms with Crippen LogP contribution in [0.3, 0.4) is 0 Å². The van der Waals surface area contributed by atoms with E-state index in [2.05, 4.69) is 21.3 Å². The van der Waals surface area contributed by atoms with Crippen LogP contribution in [-0.4, -0.2) is 49.7 Å². The summed E-state index contributed by atoms with van der Waals surface area (Å²) in [6, 6.07) is 3.55. The molecule has 0 spiro atoms. The van der Waals surface area contributed by atoms with Gasteiger partial charge in [0, 0.05) is 30.1 Å². The van der Waals surface area contributed by atoms with Crippen molar-refractivity contribution in [3.8, 4) is 0 Å². The lowest BCUT2D eigenvalue weighted by atomic mass is 9.76. The maximum atomic E-state index is 13.1. The fourth-order valence-electron chi connectivity index (χ4n) is 5.23. The lowest BCUT2D eigenvalue weighted by Gasteiger charge is -2.39. The van der Waals surface area contributed by atoms with Crippen molar-refractivity contribution in [2.45, 2.75) is 56.9 Å². The number of alkyl halides is 3. The zero-order valence-corrected chi connectivity index (χ0v) is 17.5. The van der Waals surface area contributed by atoms with Gasteiger partial charge in [0.25, 0.3) is 5.91 Å². The summed E-state index contributed by atoms with van der Waals surface area (Å²) >= 11 is 0. The van der Waals surface area contributed by atoms with Crippen molar-refractivity contribution in [1.29, 1.82) is 0 Å². The predicted molar refractivity (Wildman–Crippen MR) is 110 cm³/mol. The highest BCUT2D eigenvalue weighted by Crippen LogP contribution is 2.37. The van der Waals surface area contributed by atoms with Gasteiger partial charge in [-0.3, -0.25) is 9.59 Å². The van der Waals surface area contributed by atoms with E-state index in [1.54, 1.807) is 0 Å². The van der Waals surface area contributed by atoms with E-state index in [9.17, 15) is 22.8 Å². The summed E-state index contributed by atoms with van der Waals surface area (Å²) in [6.45, 7) is 3.46. The molecule has 1 aromatic carbocycles. The Bertz CT molecular complexity index is 845. The Morgan fingerprint density at radius 2 is 1.90 bits per heavy atom. The van der Waals surface area contributed by atoms with Crippen LogP contribution in [0.4, 0.5) is 13.2 Å². The number of amides is 2. The van der Waals surface area contributed by atoms with Crippen LogP contribution in [0, 0.1) is 11.8 Å². The molecule has 31 heavy (non-hydrogen) atoms. The number of fused-ring (bicyclic) bond motifs is 1. The molecule has 1 aromatic rings. The van der Waals surface area contributed by atoms with Gasteiger partial charge in [-0.1, -0.05) is 19.1 Å². The third kappa shape index (κ3) is 4.57. The van der Waals surface area contributed by atoms with Gasteiger partial charge in [-0.15, -0.1) is 0 Å². The molecular formula is C22H29F3N4O2. The molecule has 4 rings (SSSR count). The fraction of sp³-hybridized carbons (Fsp3) is 0.636. The van der Waals surface area contributed by atoms with Gasteiger partial charge in [0.15, 0.2) is 0 Å². The molecule has 3 heterocycles. The van der Waals surface area contributed by atoms with Crippen molar-refractivity contribution in [2.24, 2.45) is 11.8 Å². The monoisotopic (exact) mass is 438 g/mol. The van der Waals surface area contributed by atoms with Crippen molar-refractivity contribution in [3.05, 3.63) is 34.9 Å². The molecule has 0 bridgehead atoms. The second-order valence-electron chi connectivity index (χ2n) is 8.84. The number of nitrogens with one attached hydrogen (secondary N) is 4. The van der Waals surface area contributed by atoms with Crippen LogP contribution in [0.5, 0.6) is 0 Å². The minimum absolute atomic E-state index is 0.0506. The van der Waals surface area contributed by atoms with E-state index in [-0.39, 0.29) is 42.7 Å². The van der Waals surface area contributed by atoms with E-state index >= 15 is 0 Å². The number of hydrogen-bond acceptors (Lipinski definition) is 4. The number of halogens is 3. The topological polar surface area (TPSA) is 82.3 Å². The lowest BCUT2D eigenvalue weighted by Crippen LogP contribution is -2.55. The molecule has 3 aliphatic heterocycles. The van der Waals surface area contributed by atoms with Crippen LogP contribution >= 0.6 is 0 Å². The van der Waals surface area contributed by atoms with Gasteiger partial charge in [0.2, 0.25) is 5.91 Å². The molecule has 0 radical (unpaired) electrons. The van der Waals surface area contributed by atoms with Crippen molar-refractivity contribution in [3.63, 3.8) is 0 Å². The smallest absolute Gasteiger partial charge is 0.353 e. The van der Waals surface area contributed by atoms with Crippen LogP contribution in [0.2, 0.25) is 0 Å². The Labute approximate surface area is 179 Å². The molecule has 0 aliphatic carbocycles. The minimum atomic E-state index is -4.31. The summed E-state index contributed by atoms with van der Waals surface area (Å²) in [7, 11) is 0. The van der Waals surface area contributed by atoms with Crippen LogP contribution in [0.1, 0.15) is 53.7 Å². The number of carbonyl (C=O) groups is 2. The number of piperidine rings is 2. The van der Waals surface area contributed by atoms with E-state index in [0.29, 0.717) is 31.5 Å². The number of carbonyl (C=O) groups excluding carboxylic acids is 2. The van der Waals surface area contributed by atoms with E-state index in [4.69, 9.17) is 0 Å². The molecule has 6 nitrogen and oxygen atoms in total. The van der Waals surface area contributed by atoms with E-state index in [0.717, 1.165) is 17.5 Å². The Morgan fingerprint density at radius 1 is 1.13 bits per heavy atom. The summed E-state index contributed by atoms with van der Waals surface area (Å²) in [6.07, 6.45) is -2.59. The average Bonchev–Trinajstić information content (AvgIpc) is 2.73. The number of benzene rings is 1. The van der Waals surface area contributed by atoms with Gasteiger partial charge in [-0.05, 0) is 61.9 Å². The standard InChI is InChI=1S/C22H29F3N4O2/c1-12-14(21(31)29-13-5-8-26-18(11-13)22(23,24)25)6-9-27-19(12)16-3-2-4-17-15(16)7-10-28-20(17)30/h2-4,12-14,18-19,26-27H,5-11H2,1H3,(H,28,30)(H,29,31). The first-order chi connectivity index (χ1) is 14.8. The van der Waals surface area contributed by atoms with Gasteiger partial charge in [0.05, 0.1) is 0 Å².